The monoisotopic (exact) mass is 252 g/mol. The molecule has 2 unspecified atom stereocenters. The van der Waals surface area contributed by atoms with E-state index in [9.17, 15) is 9.59 Å². The predicted octanol–water partition coefficient (Wildman–Crippen LogP) is 0.339. The van der Waals surface area contributed by atoms with E-state index in [0.29, 0.717) is 18.7 Å². The molecule has 2 heterocycles. The smallest absolute Gasteiger partial charge is 0.326 e. The lowest BCUT2D eigenvalue weighted by molar-refractivity contribution is -0.141. The molecule has 6 heteroatoms. The van der Waals surface area contributed by atoms with Crippen LogP contribution in [-0.2, 0) is 16.6 Å². The largest absolute Gasteiger partial charge is 0.480 e. The Morgan fingerprint density at radius 3 is 2.72 bits per heavy atom. The van der Waals surface area contributed by atoms with Crippen LogP contribution >= 0.6 is 0 Å². The Bertz CT molecular complexity index is 468. The SMILES string of the molecule is COC1CC(C(=O)O)N(C(=O)c2cccn2C)C1. The molecule has 1 fully saturated rings. The fraction of sp³-hybridized carbons (Fsp3) is 0.500. The van der Waals surface area contributed by atoms with Crippen LogP contribution in [-0.4, -0.2) is 52.3 Å². The first-order valence-corrected chi connectivity index (χ1v) is 5.72. The Balaban J connectivity index is 2.23. The van der Waals surface area contributed by atoms with E-state index in [1.54, 1.807) is 29.9 Å². The second-order valence-electron chi connectivity index (χ2n) is 4.41. The standard InChI is InChI=1S/C12H16N2O4/c1-13-5-3-4-9(13)11(15)14-7-8(18-2)6-10(14)12(16)17/h3-5,8,10H,6-7H2,1-2H3,(H,16,17). The molecule has 2 atom stereocenters. The molecule has 1 aromatic rings. The number of carbonyl (C=O) groups is 2. The van der Waals surface area contributed by atoms with Crippen LogP contribution in [0.2, 0.25) is 0 Å². The Morgan fingerprint density at radius 2 is 2.22 bits per heavy atom. The van der Waals surface area contributed by atoms with Gasteiger partial charge in [0.15, 0.2) is 0 Å². The minimum absolute atomic E-state index is 0.213. The molecule has 1 saturated heterocycles. The molecular formula is C12H16N2O4. The van der Waals surface area contributed by atoms with Gasteiger partial charge in [-0.1, -0.05) is 0 Å². The van der Waals surface area contributed by atoms with Crippen molar-refractivity contribution in [2.24, 2.45) is 7.05 Å². The maximum absolute atomic E-state index is 12.3. The lowest BCUT2D eigenvalue weighted by Crippen LogP contribution is -2.41. The Labute approximate surface area is 105 Å². The number of hydrogen-bond donors (Lipinski definition) is 1. The van der Waals surface area contributed by atoms with Crippen molar-refractivity contribution in [3.05, 3.63) is 24.0 Å². The molecule has 0 spiro atoms. The van der Waals surface area contributed by atoms with Crippen molar-refractivity contribution in [3.63, 3.8) is 0 Å². The van der Waals surface area contributed by atoms with E-state index >= 15 is 0 Å². The van der Waals surface area contributed by atoms with E-state index in [0.717, 1.165) is 0 Å². The normalized spacial score (nSPS) is 23.3. The van der Waals surface area contributed by atoms with Crippen molar-refractivity contribution in [1.82, 2.24) is 9.47 Å². The van der Waals surface area contributed by atoms with Gasteiger partial charge in [-0.25, -0.2) is 4.79 Å². The van der Waals surface area contributed by atoms with Gasteiger partial charge in [0.1, 0.15) is 11.7 Å². The third kappa shape index (κ3) is 2.11. The highest BCUT2D eigenvalue weighted by Crippen LogP contribution is 2.22. The molecular weight excluding hydrogens is 236 g/mol. The number of ether oxygens (including phenoxy) is 1. The number of aromatic nitrogens is 1. The van der Waals surface area contributed by atoms with Crippen molar-refractivity contribution in [1.29, 1.82) is 0 Å². The molecule has 0 saturated carbocycles. The molecule has 6 nitrogen and oxygen atoms in total. The number of nitrogens with zero attached hydrogens (tertiary/aromatic N) is 2. The number of carbonyl (C=O) groups excluding carboxylic acids is 1. The van der Waals surface area contributed by atoms with E-state index < -0.39 is 12.0 Å². The van der Waals surface area contributed by atoms with Crippen LogP contribution in [0, 0.1) is 0 Å². The van der Waals surface area contributed by atoms with Crippen LogP contribution in [0.3, 0.4) is 0 Å². The molecule has 1 aliphatic rings. The quantitative estimate of drug-likeness (QED) is 0.842. The second-order valence-corrected chi connectivity index (χ2v) is 4.41. The van der Waals surface area contributed by atoms with Crippen molar-refractivity contribution < 1.29 is 19.4 Å². The van der Waals surface area contributed by atoms with Gasteiger partial charge in [0.25, 0.3) is 5.91 Å². The fourth-order valence-electron chi connectivity index (χ4n) is 2.26. The minimum Gasteiger partial charge on any atom is -0.480 e. The number of aryl methyl sites for hydroxylation is 1. The van der Waals surface area contributed by atoms with Crippen molar-refractivity contribution in [3.8, 4) is 0 Å². The maximum atomic E-state index is 12.3. The number of carboxylic acids is 1. The molecule has 2 rings (SSSR count). The highest BCUT2D eigenvalue weighted by molar-refractivity contribution is 5.95. The fourth-order valence-corrected chi connectivity index (χ4v) is 2.26. The summed E-state index contributed by atoms with van der Waals surface area (Å²) in [5.41, 5.74) is 0.484. The summed E-state index contributed by atoms with van der Waals surface area (Å²) in [6, 6.07) is 2.63. The van der Waals surface area contributed by atoms with Crippen molar-refractivity contribution >= 4 is 11.9 Å². The van der Waals surface area contributed by atoms with Crippen LogP contribution in [0.4, 0.5) is 0 Å². The summed E-state index contributed by atoms with van der Waals surface area (Å²) in [5, 5.41) is 9.16. The average molecular weight is 252 g/mol. The molecule has 0 aromatic carbocycles. The van der Waals surface area contributed by atoms with Gasteiger partial charge < -0.3 is 19.3 Å². The lowest BCUT2D eigenvalue weighted by Gasteiger charge is -2.21. The number of amides is 1. The van der Waals surface area contributed by atoms with E-state index in [2.05, 4.69) is 0 Å². The van der Waals surface area contributed by atoms with Gasteiger partial charge in [0, 0.05) is 33.3 Å². The number of aliphatic carboxylic acids is 1. The summed E-state index contributed by atoms with van der Waals surface area (Å²) < 4.78 is 6.84. The average Bonchev–Trinajstić information content (AvgIpc) is 2.93. The summed E-state index contributed by atoms with van der Waals surface area (Å²) in [5.74, 6) is -1.26. The van der Waals surface area contributed by atoms with Gasteiger partial charge in [-0.2, -0.15) is 0 Å². The first kappa shape index (κ1) is 12.6. The number of likely N-dealkylation sites (tertiary alicyclic amines) is 1. The summed E-state index contributed by atoms with van der Waals surface area (Å²) in [6.45, 7) is 0.317. The number of methoxy groups -OCH3 is 1. The van der Waals surface area contributed by atoms with Gasteiger partial charge in [-0.3, -0.25) is 4.79 Å². The third-order valence-corrected chi connectivity index (χ3v) is 3.30. The minimum atomic E-state index is -0.989. The zero-order chi connectivity index (χ0) is 13.3. The molecule has 0 bridgehead atoms. The molecule has 1 amide bonds. The molecule has 1 N–H and O–H groups in total. The van der Waals surface area contributed by atoms with E-state index in [1.165, 1.54) is 12.0 Å². The summed E-state index contributed by atoms with van der Waals surface area (Å²) in [6.07, 6.45) is 1.88. The topological polar surface area (TPSA) is 71.8 Å². The highest BCUT2D eigenvalue weighted by Gasteiger charge is 2.40. The number of carboxylic acid groups (broad SMARTS) is 1. The zero-order valence-corrected chi connectivity index (χ0v) is 10.4. The highest BCUT2D eigenvalue weighted by atomic mass is 16.5. The predicted molar refractivity (Wildman–Crippen MR) is 63.3 cm³/mol. The molecule has 1 aliphatic heterocycles. The van der Waals surface area contributed by atoms with E-state index in [1.807, 2.05) is 0 Å². The summed E-state index contributed by atoms with van der Waals surface area (Å²) in [4.78, 5) is 24.8. The molecule has 0 radical (unpaired) electrons. The van der Waals surface area contributed by atoms with Gasteiger partial charge in [-0.05, 0) is 12.1 Å². The third-order valence-electron chi connectivity index (χ3n) is 3.30. The van der Waals surface area contributed by atoms with Gasteiger partial charge in [0.2, 0.25) is 0 Å². The Hall–Kier alpha value is -1.82. The zero-order valence-electron chi connectivity index (χ0n) is 10.4. The van der Waals surface area contributed by atoms with Gasteiger partial charge in [0.05, 0.1) is 6.10 Å². The number of hydrogen-bond acceptors (Lipinski definition) is 3. The van der Waals surface area contributed by atoms with E-state index in [4.69, 9.17) is 9.84 Å². The molecule has 1 aromatic heterocycles. The van der Waals surface area contributed by atoms with Crippen molar-refractivity contribution in [2.75, 3.05) is 13.7 Å². The maximum Gasteiger partial charge on any atom is 0.326 e. The molecule has 98 valence electrons. The lowest BCUT2D eigenvalue weighted by atomic mass is 10.2. The van der Waals surface area contributed by atoms with Crippen LogP contribution in [0.5, 0.6) is 0 Å². The van der Waals surface area contributed by atoms with Crippen LogP contribution in [0.1, 0.15) is 16.9 Å². The van der Waals surface area contributed by atoms with Gasteiger partial charge in [-0.15, -0.1) is 0 Å². The van der Waals surface area contributed by atoms with Crippen LogP contribution < -0.4 is 0 Å². The van der Waals surface area contributed by atoms with Crippen molar-refractivity contribution in [2.45, 2.75) is 18.6 Å². The Kier molecular flexibility index (Phi) is 3.38. The Morgan fingerprint density at radius 1 is 1.50 bits per heavy atom. The van der Waals surface area contributed by atoms with Crippen LogP contribution in [0.25, 0.3) is 0 Å². The summed E-state index contributed by atoms with van der Waals surface area (Å²) >= 11 is 0. The van der Waals surface area contributed by atoms with Crippen LogP contribution in [0.15, 0.2) is 18.3 Å². The molecule has 0 aliphatic carbocycles. The summed E-state index contributed by atoms with van der Waals surface area (Å²) in [7, 11) is 3.28. The first-order valence-electron chi connectivity index (χ1n) is 5.72. The molecule has 18 heavy (non-hydrogen) atoms. The second kappa shape index (κ2) is 4.81. The first-order chi connectivity index (χ1) is 8.54. The van der Waals surface area contributed by atoms with E-state index in [-0.39, 0.29) is 12.0 Å². The van der Waals surface area contributed by atoms with Gasteiger partial charge >= 0.3 is 5.97 Å². The number of rotatable bonds is 3.